The molecule has 1 atom stereocenters. The molecule has 0 bridgehead atoms. The fraction of sp³-hybridized carbons (Fsp3) is 0.909. The first-order valence-corrected chi connectivity index (χ1v) is 5.50. The van der Waals surface area contributed by atoms with Crippen LogP contribution < -0.4 is 5.32 Å². The van der Waals surface area contributed by atoms with Crippen molar-refractivity contribution < 1.29 is 4.79 Å². The monoisotopic (exact) mass is 198 g/mol. The number of nitrogens with one attached hydrogen (secondary N) is 1. The predicted octanol–water partition coefficient (Wildman–Crippen LogP) is 1.39. The van der Waals surface area contributed by atoms with Crippen LogP contribution in [0.2, 0.25) is 0 Å². The van der Waals surface area contributed by atoms with Gasteiger partial charge in [-0.3, -0.25) is 4.79 Å². The molecule has 1 amide bonds. The summed E-state index contributed by atoms with van der Waals surface area (Å²) in [6.07, 6.45) is 3.10. The van der Waals surface area contributed by atoms with Crippen LogP contribution in [0.15, 0.2) is 0 Å². The highest BCUT2D eigenvalue weighted by molar-refractivity contribution is 5.82. The van der Waals surface area contributed by atoms with E-state index < -0.39 is 0 Å². The molecule has 82 valence electrons. The molecule has 0 aromatic rings. The lowest BCUT2D eigenvalue weighted by Gasteiger charge is -2.36. The average Bonchev–Trinajstić information content (AvgIpc) is 2.68. The molecular formula is C11H22N2O. The van der Waals surface area contributed by atoms with Crippen molar-refractivity contribution >= 4 is 5.91 Å². The van der Waals surface area contributed by atoms with E-state index in [-0.39, 0.29) is 17.5 Å². The van der Waals surface area contributed by atoms with Crippen molar-refractivity contribution in [2.45, 2.75) is 51.6 Å². The first kappa shape index (κ1) is 11.5. The smallest absolute Gasteiger partial charge is 0.239 e. The van der Waals surface area contributed by atoms with Gasteiger partial charge in [-0.15, -0.1) is 0 Å². The lowest BCUT2D eigenvalue weighted by atomic mass is 9.99. The molecule has 0 aromatic heterocycles. The molecule has 0 aromatic carbocycles. The topological polar surface area (TPSA) is 32.3 Å². The van der Waals surface area contributed by atoms with Gasteiger partial charge < -0.3 is 10.2 Å². The van der Waals surface area contributed by atoms with E-state index in [1.807, 2.05) is 11.9 Å². The average molecular weight is 198 g/mol. The second-order valence-electron chi connectivity index (χ2n) is 4.71. The van der Waals surface area contributed by atoms with Gasteiger partial charge in [0, 0.05) is 12.6 Å². The van der Waals surface area contributed by atoms with Gasteiger partial charge in [0.15, 0.2) is 0 Å². The molecule has 1 aliphatic rings. The standard InChI is InChI=1S/C11H22N2O/c1-5-11(2,3)13(4)10(14)9-7-6-8-12-9/h9,12H,5-8H2,1-4H3/t9-/m1/s1. The Morgan fingerprint density at radius 3 is 2.64 bits per heavy atom. The lowest BCUT2D eigenvalue weighted by molar-refractivity contribution is -0.136. The Bertz CT molecular complexity index is 207. The fourth-order valence-electron chi connectivity index (χ4n) is 1.66. The molecule has 1 N–H and O–H groups in total. The molecule has 1 aliphatic heterocycles. The third-order valence-electron chi connectivity index (χ3n) is 3.46. The number of hydrogen-bond donors (Lipinski definition) is 1. The summed E-state index contributed by atoms with van der Waals surface area (Å²) in [4.78, 5) is 13.9. The molecule has 0 radical (unpaired) electrons. The molecule has 0 aliphatic carbocycles. The molecule has 1 heterocycles. The van der Waals surface area contributed by atoms with Crippen molar-refractivity contribution in [1.82, 2.24) is 10.2 Å². The zero-order valence-electron chi connectivity index (χ0n) is 9.76. The van der Waals surface area contributed by atoms with E-state index in [0.717, 1.165) is 25.8 Å². The molecule has 14 heavy (non-hydrogen) atoms. The van der Waals surface area contributed by atoms with Gasteiger partial charge in [-0.25, -0.2) is 0 Å². The minimum Gasteiger partial charge on any atom is -0.339 e. The predicted molar refractivity (Wildman–Crippen MR) is 58.2 cm³/mol. The third-order valence-corrected chi connectivity index (χ3v) is 3.46. The van der Waals surface area contributed by atoms with Gasteiger partial charge in [-0.2, -0.15) is 0 Å². The molecule has 1 fully saturated rings. The molecule has 0 saturated carbocycles. The van der Waals surface area contributed by atoms with Gasteiger partial charge in [-0.05, 0) is 39.7 Å². The van der Waals surface area contributed by atoms with Crippen LogP contribution in [0.5, 0.6) is 0 Å². The van der Waals surface area contributed by atoms with Crippen molar-refractivity contribution in [3.8, 4) is 0 Å². The second-order valence-corrected chi connectivity index (χ2v) is 4.71. The number of likely N-dealkylation sites (N-methyl/N-ethyl adjacent to an activating group) is 1. The highest BCUT2D eigenvalue weighted by atomic mass is 16.2. The normalized spacial score (nSPS) is 22.4. The first-order valence-electron chi connectivity index (χ1n) is 5.50. The Morgan fingerprint density at radius 2 is 2.21 bits per heavy atom. The summed E-state index contributed by atoms with van der Waals surface area (Å²) in [5, 5.41) is 3.24. The maximum atomic E-state index is 12.0. The van der Waals surface area contributed by atoms with Crippen molar-refractivity contribution in [2.24, 2.45) is 0 Å². The zero-order valence-corrected chi connectivity index (χ0v) is 9.76. The first-order chi connectivity index (χ1) is 6.49. The highest BCUT2D eigenvalue weighted by Crippen LogP contribution is 2.19. The van der Waals surface area contributed by atoms with Crippen LogP contribution in [0, 0.1) is 0 Å². The van der Waals surface area contributed by atoms with E-state index in [4.69, 9.17) is 0 Å². The maximum Gasteiger partial charge on any atom is 0.239 e. The van der Waals surface area contributed by atoms with Gasteiger partial charge in [-0.1, -0.05) is 6.92 Å². The summed E-state index contributed by atoms with van der Waals surface area (Å²) in [5.41, 5.74) is -0.0264. The van der Waals surface area contributed by atoms with E-state index in [2.05, 4.69) is 26.1 Å². The summed E-state index contributed by atoms with van der Waals surface area (Å²) in [6.45, 7) is 7.32. The third kappa shape index (κ3) is 2.27. The van der Waals surface area contributed by atoms with Crippen molar-refractivity contribution in [1.29, 1.82) is 0 Å². The largest absolute Gasteiger partial charge is 0.339 e. The summed E-state index contributed by atoms with van der Waals surface area (Å²) in [7, 11) is 1.91. The Labute approximate surface area is 86.9 Å². The van der Waals surface area contributed by atoms with E-state index in [1.165, 1.54) is 0 Å². The maximum absolute atomic E-state index is 12.0. The Morgan fingerprint density at radius 1 is 1.57 bits per heavy atom. The molecular weight excluding hydrogens is 176 g/mol. The van der Waals surface area contributed by atoms with E-state index in [0.29, 0.717) is 0 Å². The summed E-state index contributed by atoms with van der Waals surface area (Å²) in [5.74, 6) is 0.245. The SMILES string of the molecule is CCC(C)(C)N(C)C(=O)[C@H]1CCCN1. The number of nitrogens with zero attached hydrogens (tertiary/aromatic N) is 1. The molecule has 3 heteroatoms. The van der Waals surface area contributed by atoms with Crippen LogP contribution in [0.3, 0.4) is 0 Å². The van der Waals surface area contributed by atoms with E-state index >= 15 is 0 Å². The molecule has 3 nitrogen and oxygen atoms in total. The Hall–Kier alpha value is -0.570. The van der Waals surface area contributed by atoms with E-state index in [9.17, 15) is 4.79 Å². The fourth-order valence-corrected chi connectivity index (χ4v) is 1.66. The quantitative estimate of drug-likeness (QED) is 0.743. The van der Waals surface area contributed by atoms with Crippen LogP contribution >= 0.6 is 0 Å². The number of amides is 1. The number of carbonyl (C=O) groups excluding carboxylic acids is 1. The van der Waals surface area contributed by atoms with Gasteiger partial charge in [0.25, 0.3) is 0 Å². The van der Waals surface area contributed by atoms with Crippen LogP contribution in [0.1, 0.15) is 40.0 Å². The molecule has 1 saturated heterocycles. The summed E-state index contributed by atoms with van der Waals surface area (Å²) < 4.78 is 0. The molecule has 0 spiro atoms. The van der Waals surface area contributed by atoms with Crippen LogP contribution in [-0.2, 0) is 4.79 Å². The second kappa shape index (κ2) is 4.30. The lowest BCUT2D eigenvalue weighted by Crippen LogP contribution is -2.51. The number of rotatable bonds is 3. The van der Waals surface area contributed by atoms with Crippen molar-refractivity contribution in [2.75, 3.05) is 13.6 Å². The van der Waals surface area contributed by atoms with Gasteiger partial charge >= 0.3 is 0 Å². The number of hydrogen-bond acceptors (Lipinski definition) is 2. The van der Waals surface area contributed by atoms with Gasteiger partial charge in [0.05, 0.1) is 6.04 Å². The highest BCUT2D eigenvalue weighted by Gasteiger charge is 2.31. The Balaban J connectivity index is 2.59. The minimum atomic E-state index is -0.0264. The van der Waals surface area contributed by atoms with Crippen LogP contribution in [0.4, 0.5) is 0 Å². The Kier molecular flexibility index (Phi) is 3.53. The van der Waals surface area contributed by atoms with Crippen molar-refractivity contribution in [3.05, 3.63) is 0 Å². The van der Waals surface area contributed by atoms with Gasteiger partial charge in [0.2, 0.25) is 5.91 Å². The number of carbonyl (C=O) groups is 1. The van der Waals surface area contributed by atoms with Crippen molar-refractivity contribution in [3.63, 3.8) is 0 Å². The molecule has 1 rings (SSSR count). The minimum absolute atomic E-state index is 0.0264. The molecule has 0 unspecified atom stereocenters. The zero-order chi connectivity index (χ0) is 10.8. The summed E-state index contributed by atoms with van der Waals surface area (Å²) >= 11 is 0. The summed E-state index contributed by atoms with van der Waals surface area (Å²) in [6, 6.07) is 0.0609. The van der Waals surface area contributed by atoms with Crippen LogP contribution in [0.25, 0.3) is 0 Å². The van der Waals surface area contributed by atoms with E-state index in [1.54, 1.807) is 0 Å². The van der Waals surface area contributed by atoms with Crippen LogP contribution in [-0.4, -0.2) is 36.0 Å². The van der Waals surface area contributed by atoms with Gasteiger partial charge in [0.1, 0.15) is 0 Å².